The number of phenolic OH excluding ortho intramolecular Hbond substituents is 1. The smallest absolute Gasteiger partial charge is 0.294 e. The molecule has 9 atom stereocenters. The Morgan fingerprint density at radius 1 is 0.674 bits per heavy atom. The number of hydrogen-bond acceptors (Lipinski definition) is 17. The summed E-state index contributed by atoms with van der Waals surface area (Å²) in [5.74, 6) is -4.19. The molecule has 8 rings (SSSR count). The molecule has 5 aromatic rings. The van der Waals surface area contributed by atoms with Gasteiger partial charge in [0.25, 0.3) is 26.1 Å². The summed E-state index contributed by atoms with van der Waals surface area (Å²) in [5.41, 5.74) is 15.0. The summed E-state index contributed by atoms with van der Waals surface area (Å²) >= 11 is 0. The number of aliphatic hydroxyl groups excluding tert-OH is 2. The third kappa shape index (κ3) is 23.4. The van der Waals surface area contributed by atoms with E-state index < -0.39 is 116 Å². The maximum atomic E-state index is 14.5. The van der Waals surface area contributed by atoms with Gasteiger partial charge in [-0.2, -0.15) is 16.8 Å². The molecular formula is C67H91N9O17S2. The fourth-order valence-corrected chi connectivity index (χ4v) is 12.1. The molecule has 0 unspecified atom stereocenters. The highest BCUT2D eigenvalue weighted by Gasteiger charge is 2.45. The van der Waals surface area contributed by atoms with E-state index in [1.807, 2.05) is 32.0 Å². The Balaban J connectivity index is 0.000000544. The second kappa shape index (κ2) is 36.1. The van der Waals surface area contributed by atoms with Crippen molar-refractivity contribution in [3.63, 3.8) is 0 Å². The average Bonchev–Trinajstić information content (AvgIpc) is 1.77. The number of carbonyl (C=O) groups excluding carboxylic acids is 7. The van der Waals surface area contributed by atoms with E-state index in [0.29, 0.717) is 31.7 Å². The van der Waals surface area contributed by atoms with E-state index in [1.54, 1.807) is 54.6 Å². The van der Waals surface area contributed by atoms with E-state index in [4.69, 9.17) is 25.3 Å². The fourth-order valence-electron chi connectivity index (χ4n) is 11.1. The zero-order valence-electron chi connectivity index (χ0n) is 54.0. The number of amides is 7. The molecule has 518 valence electrons. The van der Waals surface area contributed by atoms with E-state index in [9.17, 15) is 65.7 Å². The number of ether oxygens (including phenoxy) is 1. The van der Waals surface area contributed by atoms with Crippen molar-refractivity contribution in [2.75, 3.05) is 32.8 Å². The number of hydrogen-bond donors (Lipinski definition) is 12. The third-order valence-corrected chi connectivity index (χ3v) is 18.2. The highest BCUT2D eigenvalue weighted by atomic mass is 32.2. The largest absolute Gasteiger partial charge is 0.508 e. The Morgan fingerprint density at radius 3 is 1.87 bits per heavy atom. The standard InChI is InChI=1S/C53H75N9O11.2C7H8O3S/c1-3-4-5-6-9-25-73-40-21-18-34-26-36(17-16-35(34)27-40)47(66)57-41-12-10-24-56-50(69)45-29-39(65)31-62(45)52(71)43(11-7-8-23-54)59-48(67)42(22-15-33-13-19-38(64)20-14-33)58-51(70)44-28-37(55)30-61(44)53(72)46(32(2)63)60-49(41)68;2*1-6-2-4-7(5-3-6)11(8,9)10/h13-14,16-21,26-27,32,37,39,41-46,63-65H,3-12,15,22-25,28-31,54-55H2,1-2H3,(H,56,69)(H,57,66)(H,58,70)(H,59,67)(H,60,68);2*2-5H,1H3,(H,8,9,10)/t32-,37+,39-,41+,42+,43+,44+,45+,46+;;/m1../s1. The van der Waals surface area contributed by atoms with Gasteiger partial charge in [-0.1, -0.05) is 92.3 Å². The minimum absolute atomic E-state index is 0.0140. The molecule has 7 amide bonds. The lowest BCUT2D eigenvalue weighted by atomic mass is 10.0. The summed E-state index contributed by atoms with van der Waals surface area (Å²) in [6.07, 6.45) is 4.29. The van der Waals surface area contributed by atoms with Crippen LogP contribution in [0.3, 0.4) is 0 Å². The Morgan fingerprint density at radius 2 is 1.26 bits per heavy atom. The number of rotatable bonds is 19. The number of fused-ring (bicyclic) bond motifs is 3. The number of phenols is 1. The zero-order valence-corrected chi connectivity index (χ0v) is 55.7. The molecule has 26 nitrogen and oxygen atoms in total. The Bertz CT molecular complexity index is 3560. The van der Waals surface area contributed by atoms with E-state index >= 15 is 0 Å². The molecule has 95 heavy (non-hydrogen) atoms. The van der Waals surface area contributed by atoms with Gasteiger partial charge in [0.1, 0.15) is 47.8 Å². The second-order valence-corrected chi connectivity index (χ2v) is 27.1. The van der Waals surface area contributed by atoms with Crippen LogP contribution in [0.2, 0.25) is 0 Å². The molecule has 3 aliphatic rings. The first kappa shape index (κ1) is 75.9. The number of unbranched alkanes of at least 4 members (excludes halogenated alkanes) is 5. The molecule has 3 fully saturated rings. The van der Waals surface area contributed by atoms with Crippen molar-refractivity contribution in [3.05, 3.63) is 131 Å². The summed E-state index contributed by atoms with van der Waals surface area (Å²) in [4.78, 5) is 102. The number of nitrogens with two attached hydrogens (primary N) is 2. The van der Waals surface area contributed by atoms with Gasteiger partial charge in [0, 0.05) is 37.7 Å². The molecule has 0 aliphatic carbocycles. The van der Waals surface area contributed by atoms with Crippen LogP contribution in [0.4, 0.5) is 0 Å². The van der Waals surface area contributed by atoms with Crippen LogP contribution in [0.25, 0.3) is 10.8 Å². The van der Waals surface area contributed by atoms with Crippen LogP contribution < -0.4 is 42.8 Å². The highest BCUT2D eigenvalue weighted by Crippen LogP contribution is 2.26. The normalized spacial score (nSPS) is 22.0. The molecule has 28 heteroatoms. The van der Waals surface area contributed by atoms with Crippen molar-refractivity contribution in [2.24, 2.45) is 11.5 Å². The number of nitrogens with zero attached hydrogens (tertiary/aromatic N) is 2. The Labute approximate surface area is 554 Å². The van der Waals surface area contributed by atoms with Crippen LogP contribution in [0.15, 0.2) is 119 Å². The molecule has 0 spiro atoms. The van der Waals surface area contributed by atoms with Crippen LogP contribution in [0, 0.1) is 13.8 Å². The van der Waals surface area contributed by atoms with Gasteiger partial charge in [0.15, 0.2) is 0 Å². The Hall–Kier alpha value is -8.09. The van der Waals surface area contributed by atoms with Crippen LogP contribution in [-0.4, -0.2) is 180 Å². The maximum absolute atomic E-state index is 14.5. The van der Waals surface area contributed by atoms with Crippen molar-refractivity contribution >= 4 is 72.4 Å². The summed E-state index contributed by atoms with van der Waals surface area (Å²) in [6.45, 7) is 7.72. The maximum Gasteiger partial charge on any atom is 0.294 e. The SMILES string of the molecule is CCCCCCCOc1ccc2cc(C(=O)N[C@H]3CCCNC(=O)[C@@H]4C[C@@H](O)CN4C(=O)[C@H](CCCCN)NC(=O)[C@H](CCc4ccc(O)cc4)NC(=O)[C@@H]4C[C@H](N)CN4C(=O)[C@H]([C@@H](C)O)NC3=O)ccc2c1.Cc1ccc(S(=O)(=O)O)cc1.Cc1ccc(S(=O)(=O)O)cc1. The highest BCUT2D eigenvalue weighted by molar-refractivity contribution is 7.86. The van der Waals surface area contributed by atoms with Crippen LogP contribution in [0.5, 0.6) is 11.5 Å². The van der Waals surface area contributed by atoms with E-state index in [-0.39, 0.29) is 85.7 Å². The van der Waals surface area contributed by atoms with Gasteiger partial charge in [0.2, 0.25) is 35.4 Å². The predicted octanol–water partition coefficient (Wildman–Crippen LogP) is 3.87. The van der Waals surface area contributed by atoms with Crippen LogP contribution in [0.1, 0.15) is 124 Å². The summed E-state index contributed by atoms with van der Waals surface area (Å²) in [5, 5.41) is 47.1. The molecule has 14 N–H and O–H groups in total. The molecule has 3 heterocycles. The Kier molecular flexibility index (Phi) is 28.9. The summed E-state index contributed by atoms with van der Waals surface area (Å²) in [7, 11) is -8.04. The van der Waals surface area contributed by atoms with Gasteiger partial charge in [-0.15, -0.1) is 0 Å². The van der Waals surface area contributed by atoms with Gasteiger partial charge in [-0.25, -0.2) is 0 Å². The van der Waals surface area contributed by atoms with E-state index in [1.165, 1.54) is 54.6 Å². The topological polar surface area (TPSA) is 417 Å². The molecule has 0 aromatic heterocycles. The lowest BCUT2D eigenvalue weighted by molar-refractivity contribution is -0.144. The van der Waals surface area contributed by atoms with Crippen molar-refractivity contribution in [1.82, 2.24) is 36.4 Å². The third-order valence-electron chi connectivity index (χ3n) is 16.5. The van der Waals surface area contributed by atoms with Gasteiger partial charge >= 0.3 is 0 Å². The molecule has 0 saturated carbocycles. The number of aryl methyl sites for hydroxylation is 3. The molecule has 0 bridgehead atoms. The number of carbonyl (C=O) groups is 7. The van der Waals surface area contributed by atoms with E-state index in [2.05, 4.69) is 33.5 Å². The van der Waals surface area contributed by atoms with E-state index in [0.717, 1.165) is 58.0 Å². The minimum atomic E-state index is -4.02. The minimum Gasteiger partial charge on any atom is -0.508 e. The lowest BCUT2D eigenvalue weighted by Crippen LogP contribution is -2.61. The van der Waals surface area contributed by atoms with Gasteiger partial charge < -0.3 is 67.9 Å². The van der Waals surface area contributed by atoms with Gasteiger partial charge in [-0.3, -0.25) is 42.7 Å². The monoisotopic (exact) mass is 1360 g/mol. The van der Waals surface area contributed by atoms with Gasteiger partial charge in [0.05, 0.1) is 28.6 Å². The van der Waals surface area contributed by atoms with Crippen molar-refractivity contribution in [3.8, 4) is 11.5 Å². The first-order valence-corrected chi connectivity index (χ1v) is 34.9. The van der Waals surface area contributed by atoms with Crippen LogP contribution >= 0.6 is 0 Å². The molecule has 3 saturated heterocycles. The lowest BCUT2D eigenvalue weighted by Gasteiger charge is -2.32. The molecule has 3 aliphatic heterocycles. The number of benzene rings is 5. The van der Waals surface area contributed by atoms with Crippen molar-refractivity contribution in [1.29, 1.82) is 0 Å². The molecule has 0 radical (unpaired) electrons. The zero-order chi connectivity index (χ0) is 69.6. The van der Waals surface area contributed by atoms with Crippen LogP contribution in [-0.2, 0) is 55.4 Å². The quantitative estimate of drug-likeness (QED) is 0.0412. The first-order chi connectivity index (χ1) is 45.1. The molecular weight excluding hydrogens is 1270 g/mol. The molecule has 5 aromatic carbocycles. The summed E-state index contributed by atoms with van der Waals surface area (Å²) in [6, 6.07) is 20.5. The number of nitrogens with one attached hydrogen (secondary N) is 5. The van der Waals surface area contributed by atoms with Crippen molar-refractivity contribution in [2.45, 2.75) is 182 Å². The van der Waals surface area contributed by atoms with Gasteiger partial charge in [-0.05, 0) is 162 Å². The number of aromatic hydroxyl groups is 1. The average molecular weight is 1360 g/mol. The number of aliphatic hydroxyl groups is 2. The van der Waals surface area contributed by atoms with Crippen molar-refractivity contribution < 1.29 is 79.6 Å². The second-order valence-electron chi connectivity index (χ2n) is 24.3. The fraction of sp³-hybridized carbons (Fsp3) is 0.478. The predicted molar refractivity (Wildman–Crippen MR) is 355 cm³/mol. The first-order valence-electron chi connectivity index (χ1n) is 32.0. The summed E-state index contributed by atoms with van der Waals surface area (Å²) < 4.78 is 65.1.